The molecule has 2 amide bonds. The van der Waals surface area contributed by atoms with Crippen LogP contribution in [0, 0.1) is 5.92 Å². The van der Waals surface area contributed by atoms with E-state index < -0.39 is 37.0 Å². The third-order valence-electron chi connectivity index (χ3n) is 14.2. The molecule has 1 heterocycles. The summed E-state index contributed by atoms with van der Waals surface area (Å²) in [5.41, 5.74) is 10.1. The molecule has 0 saturated carbocycles. The summed E-state index contributed by atoms with van der Waals surface area (Å²) in [5.74, 6) is -1.23. The molecule has 1 aromatic heterocycles. The maximum atomic E-state index is 14.3. The van der Waals surface area contributed by atoms with Crippen LogP contribution in [0.25, 0.3) is 11.1 Å². The van der Waals surface area contributed by atoms with Crippen LogP contribution < -0.4 is 10.6 Å². The van der Waals surface area contributed by atoms with Gasteiger partial charge >= 0.3 is 18.0 Å². The number of rotatable bonds is 27. The molecule has 14 heteroatoms. The highest BCUT2D eigenvalue weighted by Crippen LogP contribution is 2.49. The Balaban J connectivity index is 0.959. The lowest BCUT2D eigenvalue weighted by atomic mass is 9.84. The van der Waals surface area contributed by atoms with Crippen LogP contribution in [-0.4, -0.2) is 79.6 Å². The number of amides is 2. The minimum Gasteiger partial charge on any atom is -0.465 e. The van der Waals surface area contributed by atoms with Gasteiger partial charge in [-0.3, -0.25) is 19.5 Å². The topological polar surface area (TPSA) is 136 Å². The highest BCUT2D eigenvalue weighted by atomic mass is 35.5. The lowest BCUT2D eigenvalue weighted by Crippen LogP contribution is -2.47. The Bertz CT molecular complexity index is 3070. The van der Waals surface area contributed by atoms with Crippen molar-refractivity contribution in [1.82, 2.24) is 20.5 Å². The molecule has 420 valence electrons. The summed E-state index contributed by atoms with van der Waals surface area (Å²) in [4.78, 5) is 61.9. The molecule has 0 radical (unpaired) electrons. The number of carbonyl (C=O) groups excluding carboxylic acids is 4. The molecule has 0 fully saturated rings. The molecule has 0 spiro atoms. The maximum Gasteiger partial charge on any atom is 0.407 e. The first-order chi connectivity index (χ1) is 39.1. The van der Waals surface area contributed by atoms with E-state index in [1.165, 1.54) is 0 Å². The van der Waals surface area contributed by atoms with E-state index in [0.29, 0.717) is 48.3 Å². The predicted octanol–water partition coefficient (Wildman–Crippen LogP) is 13.8. The molecule has 7 aromatic rings. The van der Waals surface area contributed by atoms with Gasteiger partial charge in [-0.25, -0.2) is 9.59 Å². The fourth-order valence-corrected chi connectivity index (χ4v) is 12.3. The second-order valence-electron chi connectivity index (χ2n) is 21.9. The summed E-state index contributed by atoms with van der Waals surface area (Å²) in [5, 5.41) is 6.41. The van der Waals surface area contributed by atoms with E-state index in [9.17, 15) is 19.2 Å². The van der Waals surface area contributed by atoms with E-state index in [1.54, 1.807) is 6.08 Å². The van der Waals surface area contributed by atoms with Gasteiger partial charge in [-0.1, -0.05) is 209 Å². The second kappa shape index (κ2) is 28.9. The molecule has 11 nitrogen and oxygen atoms in total. The Morgan fingerprint density at radius 2 is 1.27 bits per heavy atom. The molecule has 2 atom stereocenters. The zero-order valence-electron chi connectivity index (χ0n) is 46.9. The number of nitrogens with zero attached hydrogens (tertiary/aromatic N) is 2. The first-order valence-electron chi connectivity index (χ1n) is 27.8. The Labute approximate surface area is 487 Å². The molecule has 81 heavy (non-hydrogen) atoms. The van der Waals surface area contributed by atoms with Crippen molar-refractivity contribution in [2.24, 2.45) is 5.92 Å². The zero-order chi connectivity index (χ0) is 57.2. The number of halogens is 1. The SMILES string of the molecule is CC(C)[C@@H](NC(=O)OCC1c2ccccc2-c2ccccc21)C(=O)O[C@H](/C=C/CCSC(c1ccccc1)(c1ccccc1)c1ccccc1)CC(=O)NCc1cccc(CN(CC(=O)OCC[Si](C)(C)C)Cc2ccc(Cl)cc2)n1. The molecule has 0 unspecified atom stereocenters. The monoisotopic (exact) mass is 1140 g/mol. The number of fused-ring (bicyclic) bond motifs is 3. The summed E-state index contributed by atoms with van der Waals surface area (Å²) < 4.78 is 17.2. The van der Waals surface area contributed by atoms with Crippen LogP contribution in [0.5, 0.6) is 0 Å². The average molecular weight is 1140 g/mol. The van der Waals surface area contributed by atoms with Gasteiger partial charge in [-0.2, -0.15) is 0 Å². The van der Waals surface area contributed by atoms with E-state index in [4.69, 9.17) is 30.8 Å². The Hall–Kier alpha value is -7.29. The van der Waals surface area contributed by atoms with Gasteiger partial charge < -0.3 is 24.8 Å². The normalized spacial score (nSPS) is 13.1. The number of esters is 2. The van der Waals surface area contributed by atoms with Crippen molar-refractivity contribution in [3.8, 4) is 11.1 Å². The van der Waals surface area contributed by atoms with Crippen molar-refractivity contribution in [1.29, 1.82) is 0 Å². The Morgan fingerprint density at radius 3 is 1.85 bits per heavy atom. The van der Waals surface area contributed by atoms with Gasteiger partial charge in [0.25, 0.3) is 0 Å². The molecular formula is C67H73ClN4O7SSi. The van der Waals surface area contributed by atoms with Crippen molar-refractivity contribution in [2.45, 2.75) is 94.8 Å². The lowest BCUT2D eigenvalue weighted by Gasteiger charge is -2.35. The standard InChI is InChI=1S/C67H73ClN4O7SSi/c1-48(2)64(71-66(76)78-47-61-59-33-17-15-31-57(59)58-32-16-18-34-60(58)61)65(75)79-56(30-19-20-40-80-67(50-22-9-6-10-23-50,51-24-11-7-12-25-51)52-26-13-8-14-27-52)42-62(73)69-43-54-28-21-29-55(70-54)45-72(44-49-35-37-53(68)38-36-49)46-63(74)77-39-41-81(3,4)5/h6-19,21-38,48,56,61,64H,20,39-47H2,1-5H3,(H,69,73)(H,71,76)/b30-19+/t56-,64-/m1/s1. The first kappa shape index (κ1) is 59.8. The Morgan fingerprint density at radius 1 is 0.704 bits per heavy atom. The first-order valence-corrected chi connectivity index (χ1v) is 32.9. The number of ether oxygens (including phenoxy) is 3. The second-order valence-corrected chi connectivity index (χ2v) is 29.3. The zero-order valence-corrected chi connectivity index (χ0v) is 49.5. The van der Waals surface area contributed by atoms with Crippen LogP contribution in [-0.2, 0) is 53.0 Å². The number of pyridine rings is 1. The third-order valence-corrected chi connectivity index (χ3v) is 17.7. The van der Waals surface area contributed by atoms with E-state index >= 15 is 0 Å². The average Bonchev–Trinajstić information content (AvgIpc) is 4.09. The third kappa shape index (κ3) is 16.9. The quantitative estimate of drug-likeness (QED) is 0.0128. The predicted molar refractivity (Wildman–Crippen MR) is 328 cm³/mol. The van der Waals surface area contributed by atoms with Gasteiger partial charge in [-0.05, 0) is 99.0 Å². The molecule has 0 aliphatic heterocycles. The smallest absolute Gasteiger partial charge is 0.407 e. The number of allylic oxidation sites excluding steroid dienone is 1. The number of hydrogen-bond donors (Lipinski definition) is 2. The number of alkyl carbamates (subject to hydrolysis) is 1. The van der Waals surface area contributed by atoms with Gasteiger partial charge in [0.2, 0.25) is 5.91 Å². The van der Waals surface area contributed by atoms with Crippen molar-refractivity contribution in [3.63, 3.8) is 0 Å². The van der Waals surface area contributed by atoms with E-state index in [1.807, 2.05) is 122 Å². The van der Waals surface area contributed by atoms with E-state index in [0.717, 1.165) is 50.6 Å². The summed E-state index contributed by atoms with van der Waals surface area (Å²) in [6.07, 6.45) is 2.39. The van der Waals surface area contributed by atoms with Crippen LogP contribution in [0.4, 0.5) is 4.79 Å². The highest BCUT2D eigenvalue weighted by molar-refractivity contribution is 8.00. The largest absolute Gasteiger partial charge is 0.465 e. The minimum atomic E-state index is -1.40. The van der Waals surface area contributed by atoms with Crippen molar-refractivity contribution < 1.29 is 33.4 Å². The minimum absolute atomic E-state index is 0.0656. The van der Waals surface area contributed by atoms with Crippen molar-refractivity contribution in [2.75, 3.05) is 25.5 Å². The summed E-state index contributed by atoms with van der Waals surface area (Å²) in [6.45, 7) is 11.8. The van der Waals surface area contributed by atoms with Gasteiger partial charge in [-0.15, -0.1) is 11.8 Å². The number of benzene rings is 6. The van der Waals surface area contributed by atoms with E-state index in [2.05, 4.69) is 127 Å². The molecular weight excluding hydrogens is 1070 g/mol. The molecule has 1 aliphatic carbocycles. The summed E-state index contributed by atoms with van der Waals surface area (Å²) in [7, 11) is -1.40. The van der Waals surface area contributed by atoms with Gasteiger partial charge in [0.1, 0.15) is 18.8 Å². The number of hydrogen-bond acceptors (Lipinski definition) is 10. The number of carbonyl (C=O) groups is 4. The summed E-state index contributed by atoms with van der Waals surface area (Å²) in [6, 6.07) is 60.6. The van der Waals surface area contributed by atoms with Gasteiger partial charge in [0.05, 0.1) is 42.3 Å². The van der Waals surface area contributed by atoms with Crippen molar-refractivity contribution >= 4 is 55.4 Å². The van der Waals surface area contributed by atoms with Gasteiger partial charge in [0, 0.05) is 32.1 Å². The molecule has 8 rings (SSSR count). The molecule has 1 aliphatic rings. The van der Waals surface area contributed by atoms with Crippen LogP contribution in [0.3, 0.4) is 0 Å². The number of aromatic nitrogens is 1. The Kier molecular flexibility index (Phi) is 21.4. The van der Waals surface area contributed by atoms with Crippen LogP contribution in [0.1, 0.15) is 77.4 Å². The molecule has 0 saturated heterocycles. The lowest BCUT2D eigenvalue weighted by molar-refractivity contribution is -0.151. The molecule has 6 aromatic carbocycles. The van der Waals surface area contributed by atoms with Gasteiger partial charge in [0.15, 0.2) is 0 Å². The molecule has 0 bridgehead atoms. The summed E-state index contributed by atoms with van der Waals surface area (Å²) >= 11 is 8.01. The van der Waals surface area contributed by atoms with Crippen LogP contribution in [0.15, 0.2) is 194 Å². The van der Waals surface area contributed by atoms with Crippen LogP contribution >= 0.6 is 23.4 Å². The number of thioether (sulfide) groups is 1. The highest BCUT2D eigenvalue weighted by Gasteiger charge is 2.37. The fourth-order valence-electron chi connectivity index (χ4n) is 10.0. The van der Waals surface area contributed by atoms with E-state index in [-0.39, 0.29) is 49.8 Å². The number of nitrogens with one attached hydrogen (secondary N) is 2. The maximum absolute atomic E-state index is 14.3. The van der Waals surface area contributed by atoms with Crippen molar-refractivity contribution in [3.05, 3.63) is 244 Å². The van der Waals surface area contributed by atoms with Crippen LogP contribution in [0.2, 0.25) is 30.7 Å². The molecule has 2 N–H and O–H groups in total. The fraction of sp³-hybridized carbons (Fsp3) is 0.299.